The molecule has 2 aromatic rings. The zero-order valence-electron chi connectivity index (χ0n) is 10.9. The zero-order chi connectivity index (χ0) is 14.4. The fraction of sp³-hybridized carbons (Fsp3) is 0.231. The minimum Gasteiger partial charge on any atom is -0.475 e. The van der Waals surface area contributed by atoms with Gasteiger partial charge in [0.2, 0.25) is 5.88 Å². The molecule has 0 saturated carbocycles. The molecule has 1 aromatic heterocycles. The quantitative estimate of drug-likeness (QED) is 0.512. The molecule has 1 aromatic carbocycles. The average Bonchev–Trinajstić information content (AvgIpc) is 2.47. The van der Waals surface area contributed by atoms with Gasteiger partial charge in [-0.2, -0.15) is 0 Å². The van der Waals surface area contributed by atoms with Crippen LogP contribution in [0.4, 0.5) is 5.82 Å². The predicted molar refractivity (Wildman–Crippen MR) is 73.6 cm³/mol. The molecule has 0 spiro atoms. The van der Waals surface area contributed by atoms with Crippen molar-refractivity contribution >= 4 is 5.82 Å². The van der Waals surface area contributed by atoms with Gasteiger partial charge in [-0.15, -0.1) is 0 Å². The minimum absolute atomic E-state index is 0.103. The van der Waals surface area contributed by atoms with Gasteiger partial charge >= 0.3 is 0 Å². The smallest absolute Gasteiger partial charge is 0.224 e. The Hall–Kier alpha value is -2.63. The number of aliphatic hydroxyl groups is 1. The van der Waals surface area contributed by atoms with Crippen molar-refractivity contribution in [3.05, 3.63) is 46.6 Å². The van der Waals surface area contributed by atoms with E-state index >= 15 is 0 Å². The van der Waals surface area contributed by atoms with Crippen LogP contribution in [0.2, 0.25) is 0 Å². The van der Waals surface area contributed by atoms with Gasteiger partial charge in [0, 0.05) is 4.91 Å². The van der Waals surface area contributed by atoms with Crippen LogP contribution in [-0.2, 0) is 0 Å². The molecule has 7 heteroatoms. The van der Waals surface area contributed by atoms with Gasteiger partial charge in [-0.1, -0.05) is 29.8 Å². The van der Waals surface area contributed by atoms with Crippen LogP contribution in [0.1, 0.15) is 5.56 Å². The van der Waals surface area contributed by atoms with Crippen molar-refractivity contribution in [2.24, 2.45) is 5.11 Å². The lowest BCUT2D eigenvalue weighted by Gasteiger charge is -2.11. The summed E-state index contributed by atoms with van der Waals surface area (Å²) in [5, 5.41) is 12.4. The molecule has 0 bridgehead atoms. The van der Waals surface area contributed by atoms with Crippen LogP contribution in [0.3, 0.4) is 0 Å². The van der Waals surface area contributed by atoms with Gasteiger partial charge < -0.3 is 9.84 Å². The van der Waals surface area contributed by atoms with Gasteiger partial charge in [0.1, 0.15) is 18.8 Å². The predicted octanol–water partition coefficient (Wildman–Crippen LogP) is 2.76. The summed E-state index contributed by atoms with van der Waals surface area (Å²) in [6.07, 6.45) is 1.26. The van der Waals surface area contributed by atoms with Gasteiger partial charge in [-0.3, -0.25) is 0 Å². The van der Waals surface area contributed by atoms with E-state index in [0.717, 1.165) is 11.1 Å². The highest BCUT2D eigenvalue weighted by Crippen LogP contribution is 2.35. The molecule has 20 heavy (non-hydrogen) atoms. The van der Waals surface area contributed by atoms with Crippen molar-refractivity contribution in [2.45, 2.75) is 6.92 Å². The van der Waals surface area contributed by atoms with E-state index in [1.165, 1.54) is 6.33 Å². The Labute approximate surface area is 115 Å². The van der Waals surface area contributed by atoms with Crippen LogP contribution in [-0.4, -0.2) is 28.3 Å². The van der Waals surface area contributed by atoms with Gasteiger partial charge in [0.05, 0.1) is 12.2 Å². The van der Waals surface area contributed by atoms with Crippen LogP contribution in [0.5, 0.6) is 5.88 Å². The van der Waals surface area contributed by atoms with E-state index in [1.807, 2.05) is 31.2 Å². The molecule has 0 aliphatic carbocycles. The maximum absolute atomic E-state index is 8.85. The van der Waals surface area contributed by atoms with Crippen molar-refractivity contribution in [3.8, 4) is 17.0 Å². The number of benzene rings is 1. The number of aromatic nitrogens is 2. The number of aliphatic hydroxyl groups excluding tert-OH is 1. The maximum atomic E-state index is 8.85. The van der Waals surface area contributed by atoms with E-state index in [-0.39, 0.29) is 24.9 Å². The van der Waals surface area contributed by atoms with Crippen LogP contribution < -0.4 is 4.74 Å². The van der Waals surface area contributed by atoms with E-state index in [9.17, 15) is 0 Å². The molecule has 0 atom stereocenters. The third kappa shape index (κ3) is 3.03. The number of nitrogens with zero attached hydrogens (tertiary/aromatic N) is 5. The van der Waals surface area contributed by atoms with Crippen molar-refractivity contribution in [1.29, 1.82) is 0 Å². The lowest BCUT2D eigenvalue weighted by Crippen LogP contribution is -2.04. The van der Waals surface area contributed by atoms with E-state index in [2.05, 4.69) is 20.0 Å². The van der Waals surface area contributed by atoms with Crippen molar-refractivity contribution in [2.75, 3.05) is 13.2 Å². The molecule has 0 aliphatic heterocycles. The van der Waals surface area contributed by atoms with Gasteiger partial charge in [-0.05, 0) is 23.1 Å². The highest BCUT2D eigenvalue weighted by molar-refractivity contribution is 5.77. The van der Waals surface area contributed by atoms with E-state index < -0.39 is 0 Å². The molecular formula is C13H13N5O2. The summed E-state index contributed by atoms with van der Waals surface area (Å²) in [5.41, 5.74) is 11.0. The second-order valence-corrected chi connectivity index (χ2v) is 4.00. The Kier molecular flexibility index (Phi) is 4.49. The van der Waals surface area contributed by atoms with Crippen molar-refractivity contribution in [1.82, 2.24) is 9.97 Å². The molecule has 1 N–H and O–H groups in total. The third-order valence-electron chi connectivity index (χ3n) is 2.60. The summed E-state index contributed by atoms with van der Waals surface area (Å²) in [6.45, 7) is 1.95. The molecule has 1 heterocycles. The highest BCUT2D eigenvalue weighted by Gasteiger charge is 2.14. The molecule has 0 fully saturated rings. The standard InChI is InChI=1S/C13H13N5O2/c1-9-2-4-10(5-3-9)11-12(17-18-14)15-8-16-13(11)20-7-6-19/h2-5,8,19H,6-7H2,1H3. The van der Waals surface area contributed by atoms with Crippen LogP contribution in [0, 0.1) is 6.92 Å². The summed E-state index contributed by atoms with van der Waals surface area (Å²) in [4.78, 5) is 10.8. The third-order valence-corrected chi connectivity index (χ3v) is 2.60. The van der Waals surface area contributed by atoms with Crippen LogP contribution in [0.15, 0.2) is 35.7 Å². The van der Waals surface area contributed by atoms with Crippen LogP contribution in [0.25, 0.3) is 21.6 Å². The van der Waals surface area contributed by atoms with E-state index in [1.54, 1.807) is 0 Å². The monoisotopic (exact) mass is 271 g/mol. The number of azide groups is 1. The van der Waals surface area contributed by atoms with Gasteiger partial charge in [0.25, 0.3) is 0 Å². The molecule has 7 nitrogen and oxygen atoms in total. The number of rotatable bonds is 5. The SMILES string of the molecule is Cc1ccc(-c2c(N=[N+]=[N-])ncnc2OCCO)cc1. The van der Waals surface area contributed by atoms with Gasteiger partial charge in [-0.25, -0.2) is 9.97 Å². The highest BCUT2D eigenvalue weighted by atomic mass is 16.5. The van der Waals surface area contributed by atoms with Crippen molar-refractivity contribution < 1.29 is 9.84 Å². The minimum atomic E-state index is -0.131. The first kappa shape index (κ1) is 13.8. The second kappa shape index (κ2) is 6.51. The average molecular weight is 271 g/mol. The Morgan fingerprint density at radius 1 is 1.30 bits per heavy atom. The molecule has 0 unspecified atom stereocenters. The number of hydrogen-bond acceptors (Lipinski definition) is 5. The number of aryl methyl sites for hydroxylation is 1. The number of ether oxygens (including phenoxy) is 1. The molecule has 2 rings (SSSR count). The summed E-state index contributed by atoms with van der Waals surface area (Å²) < 4.78 is 5.37. The lowest BCUT2D eigenvalue weighted by atomic mass is 10.1. The van der Waals surface area contributed by atoms with E-state index in [4.69, 9.17) is 15.4 Å². The topological polar surface area (TPSA) is 104 Å². The molecular weight excluding hydrogens is 258 g/mol. The van der Waals surface area contributed by atoms with Crippen LogP contribution >= 0.6 is 0 Å². The molecule has 0 radical (unpaired) electrons. The number of hydrogen-bond donors (Lipinski definition) is 1. The second-order valence-electron chi connectivity index (χ2n) is 4.00. The molecule has 102 valence electrons. The largest absolute Gasteiger partial charge is 0.475 e. The normalized spacial score (nSPS) is 9.90. The summed E-state index contributed by atoms with van der Waals surface area (Å²) in [7, 11) is 0. The maximum Gasteiger partial charge on any atom is 0.224 e. The lowest BCUT2D eigenvalue weighted by molar-refractivity contribution is 0.197. The Morgan fingerprint density at radius 2 is 2.05 bits per heavy atom. The first-order valence-electron chi connectivity index (χ1n) is 5.97. The Balaban J connectivity index is 2.56. The first-order valence-corrected chi connectivity index (χ1v) is 5.97. The Morgan fingerprint density at radius 3 is 2.70 bits per heavy atom. The van der Waals surface area contributed by atoms with Gasteiger partial charge in [0.15, 0.2) is 0 Å². The Bertz CT molecular complexity index is 636. The summed E-state index contributed by atoms with van der Waals surface area (Å²) in [5.74, 6) is 0.472. The molecule has 0 saturated heterocycles. The first-order chi connectivity index (χ1) is 9.76. The van der Waals surface area contributed by atoms with E-state index in [0.29, 0.717) is 5.56 Å². The fourth-order valence-electron chi connectivity index (χ4n) is 1.70. The molecule has 0 aliphatic rings. The molecule has 0 amide bonds. The zero-order valence-corrected chi connectivity index (χ0v) is 10.9. The summed E-state index contributed by atoms with van der Waals surface area (Å²) >= 11 is 0. The fourth-order valence-corrected chi connectivity index (χ4v) is 1.70. The van der Waals surface area contributed by atoms with Crippen molar-refractivity contribution in [3.63, 3.8) is 0 Å². The summed E-state index contributed by atoms with van der Waals surface area (Å²) in [6, 6.07) is 7.60.